The molecule has 0 unspecified atom stereocenters. The van der Waals surface area contributed by atoms with Gasteiger partial charge in [0.1, 0.15) is 11.4 Å². The number of halogens is 2. The lowest BCUT2D eigenvalue weighted by atomic mass is 10.1. The molecular weight excluding hydrogens is 398 g/mol. The van der Waals surface area contributed by atoms with Gasteiger partial charge >= 0.3 is 5.97 Å². The number of aryl methyl sites for hydroxylation is 1. The van der Waals surface area contributed by atoms with E-state index in [1.807, 2.05) is 0 Å². The zero-order valence-corrected chi connectivity index (χ0v) is 16.3. The molecule has 0 aliphatic heterocycles. The molecule has 30 heavy (non-hydrogen) atoms. The number of anilines is 1. The van der Waals surface area contributed by atoms with E-state index in [4.69, 9.17) is 0 Å². The molecule has 0 spiro atoms. The highest BCUT2D eigenvalue weighted by molar-refractivity contribution is 6.08. The number of aromatic nitrogens is 3. The molecule has 0 saturated heterocycles. The maximum atomic E-state index is 12.8. The molecule has 0 atom stereocenters. The van der Waals surface area contributed by atoms with Gasteiger partial charge in [-0.3, -0.25) is 9.48 Å². The molecule has 0 aliphatic rings. The maximum Gasteiger partial charge on any atom is 0.337 e. The summed E-state index contributed by atoms with van der Waals surface area (Å²) in [6.45, 7) is 3.75. The fourth-order valence-corrected chi connectivity index (χ4v) is 2.79. The number of rotatable bonds is 7. The molecule has 0 aliphatic carbocycles. The van der Waals surface area contributed by atoms with Crippen molar-refractivity contribution in [1.29, 1.82) is 0 Å². The Morgan fingerprint density at radius 3 is 2.63 bits per heavy atom. The Morgan fingerprint density at radius 1 is 1.27 bits per heavy atom. The Morgan fingerprint density at radius 2 is 2.00 bits per heavy atom. The van der Waals surface area contributed by atoms with Crippen molar-refractivity contribution in [2.75, 3.05) is 5.32 Å². The quantitative estimate of drug-likeness (QED) is 0.541. The van der Waals surface area contributed by atoms with Gasteiger partial charge in [0, 0.05) is 18.1 Å². The molecule has 8 nitrogen and oxygen atoms in total. The van der Waals surface area contributed by atoms with Crippen LogP contribution in [0.25, 0.3) is 10.9 Å². The summed E-state index contributed by atoms with van der Waals surface area (Å²) >= 11 is 0. The number of aliphatic hydroxyl groups is 1. The molecule has 0 radical (unpaired) electrons. The van der Waals surface area contributed by atoms with E-state index in [1.54, 1.807) is 24.7 Å². The lowest BCUT2D eigenvalue weighted by Crippen LogP contribution is -2.21. The molecule has 2 heterocycles. The van der Waals surface area contributed by atoms with Crippen molar-refractivity contribution >= 4 is 28.5 Å². The van der Waals surface area contributed by atoms with Crippen LogP contribution in [0.15, 0.2) is 36.5 Å². The molecule has 3 N–H and O–H groups in total. The standard InChI is InChI=1S/C20H20F2N4O4/c1-20(2,30)6-7-26-10-11-8-16(12(19(28)29)9-15(11)25-26)24-18(27)14-5-3-4-13(23-14)17(21)22/h3-5,8-10,17,30H,6-7H2,1-2H3,(H,24,27)(H,28,29). The summed E-state index contributed by atoms with van der Waals surface area (Å²) in [4.78, 5) is 27.7. The average Bonchev–Trinajstić information content (AvgIpc) is 3.07. The lowest BCUT2D eigenvalue weighted by Gasteiger charge is -2.16. The second-order valence-corrected chi connectivity index (χ2v) is 7.42. The van der Waals surface area contributed by atoms with Gasteiger partial charge in [-0.1, -0.05) is 6.07 Å². The fourth-order valence-electron chi connectivity index (χ4n) is 2.79. The molecule has 0 bridgehead atoms. The summed E-state index contributed by atoms with van der Waals surface area (Å²) in [5, 5.41) is 26.7. The number of pyridine rings is 1. The van der Waals surface area contributed by atoms with Crippen LogP contribution in [0.4, 0.5) is 14.5 Å². The summed E-state index contributed by atoms with van der Waals surface area (Å²) in [6.07, 6.45) is -0.737. The molecule has 1 amide bonds. The van der Waals surface area contributed by atoms with E-state index >= 15 is 0 Å². The third-order valence-electron chi connectivity index (χ3n) is 4.35. The molecule has 0 fully saturated rings. The molecule has 158 valence electrons. The van der Waals surface area contributed by atoms with Crippen LogP contribution in [-0.4, -0.2) is 42.5 Å². The Kier molecular flexibility index (Phi) is 5.79. The second kappa shape index (κ2) is 8.15. The summed E-state index contributed by atoms with van der Waals surface area (Å²) in [5.74, 6) is -2.10. The summed E-state index contributed by atoms with van der Waals surface area (Å²) < 4.78 is 27.2. The smallest absolute Gasteiger partial charge is 0.337 e. The zero-order chi connectivity index (χ0) is 22.1. The molecule has 1 aromatic carbocycles. The maximum absolute atomic E-state index is 12.8. The highest BCUT2D eigenvalue weighted by atomic mass is 19.3. The van der Waals surface area contributed by atoms with E-state index in [1.165, 1.54) is 24.3 Å². The molecule has 3 aromatic rings. The van der Waals surface area contributed by atoms with Crippen molar-refractivity contribution in [3.8, 4) is 0 Å². The number of hydrogen-bond acceptors (Lipinski definition) is 5. The third-order valence-corrected chi connectivity index (χ3v) is 4.35. The molecule has 10 heteroatoms. The van der Waals surface area contributed by atoms with Gasteiger partial charge in [0.15, 0.2) is 0 Å². The molecule has 2 aromatic heterocycles. The number of carboxylic acids is 1. The van der Waals surface area contributed by atoms with Crippen LogP contribution in [0.1, 0.15) is 53.2 Å². The highest BCUT2D eigenvalue weighted by Gasteiger charge is 2.19. The minimum atomic E-state index is -2.83. The van der Waals surface area contributed by atoms with Gasteiger partial charge in [0.2, 0.25) is 0 Å². The van der Waals surface area contributed by atoms with Crippen LogP contribution < -0.4 is 5.32 Å². The number of nitrogens with zero attached hydrogens (tertiary/aromatic N) is 3. The number of carboxylic acid groups (broad SMARTS) is 1. The SMILES string of the molecule is CC(C)(O)CCn1cc2cc(NC(=O)c3cccc(C(F)F)n3)c(C(=O)O)cc2n1. The van der Waals surface area contributed by atoms with Crippen LogP contribution in [0.5, 0.6) is 0 Å². The monoisotopic (exact) mass is 418 g/mol. The first-order valence-electron chi connectivity index (χ1n) is 9.07. The van der Waals surface area contributed by atoms with Crippen molar-refractivity contribution in [3.05, 3.63) is 53.5 Å². The van der Waals surface area contributed by atoms with Crippen molar-refractivity contribution in [2.24, 2.45) is 0 Å². The number of alkyl halides is 2. The van der Waals surface area contributed by atoms with Crippen LogP contribution in [0.3, 0.4) is 0 Å². The number of fused-ring (bicyclic) bond motifs is 1. The van der Waals surface area contributed by atoms with Crippen molar-refractivity contribution in [1.82, 2.24) is 14.8 Å². The average molecular weight is 418 g/mol. The Balaban J connectivity index is 1.92. The van der Waals surface area contributed by atoms with Crippen LogP contribution >= 0.6 is 0 Å². The largest absolute Gasteiger partial charge is 0.478 e. The van der Waals surface area contributed by atoms with Crippen molar-refractivity contribution < 1.29 is 28.6 Å². The van der Waals surface area contributed by atoms with Gasteiger partial charge in [-0.2, -0.15) is 5.10 Å². The topological polar surface area (TPSA) is 117 Å². The van der Waals surface area contributed by atoms with Gasteiger partial charge in [-0.05, 0) is 44.5 Å². The first-order chi connectivity index (χ1) is 14.0. The Labute approximate surface area is 170 Å². The van der Waals surface area contributed by atoms with E-state index in [0.717, 1.165) is 6.07 Å². The van der Waals surface area contributed by atoms with Gasteiger partial charge in [0.05, 0.1) is 22.4 Å². The summed E-state index contributed by atoms with van der Waals surface area (Å²) in [5.41, 5.74) is -1.50. The molecule has 0 saturated carbocycles. The fraction of sp³-hybridized carbons (Fsp3) is 0.300. The molecule has 3 rings (SSSR count). The molecular formula is C20H20F2N4O4. The van der Waals surface area contributed by atoms with Crippen molar-refractivity contribution in [3.63, 3.8) is 0 Å². The number of hydrogen-bond donors (Lipinski definition) is 3. The number of nitrogens with one attached hydrogen (secondary N) is 1. The highest BCUT2D eigenvalue weighted by Crippen LogP contribution is 2.25. The number of benzene rings is 1. The number of aromatic carboxylic acids is 1. The van der Waals surface area contributed by atoms with Gasteiger partial charge in [-0.15, -0.1) is 0 Å². The van der Waals surface area contributed by atoms with Crippen LogP contribution in [0.2, 0.25) is 0 Å². The second-order valence-electron chi connectivity index (χ2n) is 7.42. The van der Waals surface area contributed by atoms with Crippen LogP contribution in [0, 0.1) is 0 Å². The summed E-state index contributed by atoms with van der Waals surface area (Å²) in [7, 11) is 0. The normalized spacial score (nSPS) is 11.8. The first kappa shape index (κ1) is 21.3. The first-order valence-corrected chi connectivity index (χ1v) is 9.07. The van der Waals surface area contributed by atoms with E-state index in [2.05, 4.69) is 15.4 Å². The van der Waals surface area contributed by atoms with E-state index in [0.29, 0.717) is 23.9 Å². The number of carbonyl (C=O) groups excluding carboxylic acids is 1. The van der Waals surface area contributed by atoms with Crippen LogP contribution in [-0.2, 0) is 6.54 Å². The van der Waals surface area contributed by atoms with Crippen molar-refractivity contribution in [2.45, 2.75) is 38.8 Å². The van der Waals surface area contributed by atoms with Gasteiger partial charge in [-0.25, -0.2) is 18.6 Å². The lowest BCUT2D eigenvalue weighted by molar-refractivity contribution is 0.0650. The minimum Gasteiger partial charge on any atom is -0.478 e. The van der Waals surface area contributed by atoms with E-state index < -0.39 is 29.6 Å². The van der Waals surface area contributed by atoms with E-state index in [9.17, 15) is 28.6 Å². The summed E-state index contributed by atoms with van der Waals surface area (Å²) in [6, 6.07) is 6.39. The number of carbonyl (C=O) groups is 2. The number of amides is 1. The Hall–Kier alpha value is -3.40. The predicted molar refractivity (Wildman–Crippen MR) is 105 cm³/mol. The minimum absolute atomic E-state index is 0.00807. The van der Waals surface area contributed by atoms with Gasteiger partial charge in [0.25, 0.3) is 12.3 Å². The predicted octanol–water partition coefficient (Wildman–Crippen LogP) is 3.48. The third kappa shape index (κ3) is 4.95. The zero-order valence-electron chi connectivity index (χ0n) is 16.3. The van der Waals surface area contributed by atoms with Gasteiger partial charge < -0.3 is 15.5 Å². The Bertz CT molecular complexity index is 1110. The van der Waals surface area contributed by atoms with E-state index in [-0.39, 0.29) is 16.9 Å².